The molecule has 0 aliphatic heterocycles. The molecule has 0 amide bonds. The van der Waals surface area contributed by atoms with Crippen molar-refractivity contribution in [1.29, 1.82) is 0 Å². The van der Waals surface area contributed by atoms with E-state index in [1.54, 1.807) is 12.3 Å². The van der Waals surface area contributed by atoms with E-state index in [-0.39, 0.29) is 12.6 Å². The Morgan fingerprint density at radius 1 is 1.45 bits per heavy atom. The summed E-state index contributed by atoms with van der Waals surface area (Å²) in [6.45, 7) is 4.85. The van der Waals surface area contributed by atoms with Crippen molar-refractivity contribution in [3.63, 3.8) is 0 Å². The molecule has 5 nitrogen and oxygen atoms in total. The van der Waals surface area contributed by atoms with E-state index in [0.29, 0.717) is 11.4 Å². The van der Waals surface area contributed by atoms with Gasteiger partial charge in [-0.1, -0.05) is 13.0 Å². The first-order chi connectivity index (χ1) is 9.60. The molecule has 0 aliphatic carbocycles. The Labute approximate surface area is 118 Å². The number of anilines is 1. The van der Waals surface area contributed by atoms with Crippen molar-refractivity contribution in [3.05, 3.63) is 47.5 Å². The van der Waals surface area contributed by atoms with Crippen LogP contribution in [0, 0.1) is 6.92 Å². The standard InChI is InChI=1S/C15H19N3O2/c1-3-7-18-9-12(16)8-14(18)15(19)20-10-13-6-4-5-11(2)17-13/h4-6,8-9H,3,7,10,16H2,1-2H3. The number of nitrogens with two attached hydrogens (primary N) is 1. The molecule has 0 aliphatic rings. The second-order valence-electron chi connectivity index (χ2n) is 4.70. The number of nitrogen functional groups attached to an aromatic ring is 1. The number of carbonyl (C=O) groups is 1. The number of aryl methyl sites for hydroxylation is 2. The van der Waals surface area contributed by atoms with Crippen molar-refractivity contribution >= 4 is 11.7 Å². The van der Waals surface area contributed by atoms with Crippen molar-refractivity contribution in [1.82, 2.24) is 9.55 Å². The normalized spacial score (nSPS) is 10.5. The summed E-state index contributed by atoms with van der Waals surface area (Å²) in [4.78, 5) is 16.4. The van der Waals surface area contributed by atoms with Crippen molar-refractivity contribution in [2.24, 2.45) is 0 Å². The van der Waals surface area contributed by atoms with E-state index in [1.165, 1.54) is 0 Å². The number of ether oxygens (including phenoxy) is 1. The fourth-order valence-electron chi connectivity index (χ4n) is 2.02. The molecular weight excluding hydrogens is 254 g/mol. The van der Waals surface area contributed by atoms with E-state index in [2.05, 4.69) is 4.98 Å². The molecule has 20 heavy (non-hydrogen) atoms. The van der Waals surface area contributed by atoms with E-state index in [9.17, 15) is 4.79 Å². The van der Waals surface area contributed by atoms with E-state index in [0.717, 1.165) is 24.4 Å². The lowest BCUT2D eigenvalue weighted by atomic mass is 10.3. The number of rotatable bonds is 5. The van der Waals surface area contributed by atoms with Crippen molar-refractivity contribution < 1.29 is 9.53 Å². The van der Waals surface area contributed by atoms with Crippen LogP contribution < -0.4 is 5.73 Å². The Kier molecular flexibility index (Phi) is 4.40. The molecule has 106 valence electrons. The Balaban J connectivity index is 2.05. The minimum atomic E-state index is -0.376. The lowest BCUT2D eigenvalue weighted by molar-refractivity contribution is 0.0455. The molecular formula is C15H19N3O2. The first kappa shape index (κ1) is 14.1. The molecule has 0 saturated carbocycles. The van der Waals surface area contributed by atoms with Crippen LogP contribution in [0.1, 0.15) is 35.2 Å². The molecule has 0 bridgehead atoms. The highest BCUT2D eigenvalue weighted by molar-refractivity contribution is 5.89. The average molecular weight is 273 g/mol. The number of hydrogen-bond acceptors (Lipinski definition) is 4. The lowest BCUT2D eigenvalue weighted by Gasteiger charge is -2.08. The van der Waals surface area contributed by atoms with Crippen molar-refractivity contribution in [2.45, 2.75) is 33.4 Å². The fourth-order valence-corrected chi connectivity index (χ4v) is 2.02. The average Bonchev–Trinajstić information content (AvgIpc) is 2.78. The zero-order valence-corrected chi connectivity index (χ0v) is 11.8. The van der Waals surface area contributed by atoms with Gasteiger partial charge in [0, 0.05) is 18.4 Å². The summed E-state index contributed by atoms with van der Waals surface area (Å²) in [5, 5.41) is 0. The van der Waals surface area contributed by atoms with Crippen LogP contribution in [-0.2, 0) is 17.9 Å². The molecule has 0 saturated heterocycles. The van der Waals surface area contributed by atoms with Crippen LogP contribution in [0.3, 0.4) is 0 Å². The van der Waals surface area contributed by atoms with Gasteiger partial charge in [-0.05, 0) is 31.5 Å². The molecule has 0 aromatic carbocycles. The monoisotopic (exact) mass is 273 g/mol. The molecule has 2 heterocycles. The smallest absolute Gasteiger partial charge is 0.355 e. The van der Waals surface area contributed by atoms with Crippen LogP contribution in [0.4, 0.5) is 5.69 Å². The fraction of sp³-hybridized carbons (Fsp3) is 0.333. The molecule has 0 fully saturated rings. The van der Waals surface area contributed by atoms with Gasteiger partial charge in [0.15, 0.2) is 0 Å². The van der Waals surface area contributed by atoms with E-state index in [4.69, 9.17) is 10.5 Å². The van der Waals surface area contributed by atoms with Gasteiger partial charge in [-0.2, -0.15) is 0 Å². The molecule has 0 atom stereocenters. The number of esters is 1. The third-order valence-electron chi connectivity index (χ3n) is 2.89. The number of hydrogen-bond donors (Lipinski definition) is 1. The SMILES string of the molecule is CCCn1cc(N)cc1C(=O)OCc1cccc(C)n1. The topological polar surface area (TPSA) is 70.1 Å². The molecule has 2 rings (SSSR count). The van der Waals surface area contributed by atoms with Crippen LogP contribution in [0.15, 0.2) is 30.5 Å². The Hall–Kier alpha value is -2.30. The van der Waals surface area contributed by atoms with Gasteiger partial charge in [-0.3, -0.25) is 4.98 Å². The molecule has 5 heteroatoms. The predicted molar refractivity (Wildman–Crippen MR) is 77.2 cm³/mol. The highest BCUT2D eigenvalue weighted by Gasteiger charge is 2.14. The van der Waals surface area contributed by atoms with Crippen molar-refractivity contribution in [3.8, 4) is 0 Å². The van der Waals surface area contributed by atoms with Gasteiger partial charge < -0.3 is 15.0 Å². The third-order valence-corrected chi connectivity index (χ3v) is 2.89. The van der Waals surface area contributed by atoms with E-state index in [1.807, 2.05) is 36.6 Å². The number of carbonyl (C=O) groups excluding carboxylic acids is 1. The van der Waals surface area contributed by atoms with Crippen LogP contribution in [-0.4, -0.2) is 15.5 Å². The second kappa shape index (κ2) is 6.23. The Bertz CT molecular complexity index is 605. The van der Waals surface area contributed by atoms with Crippen LogP contribution >= 0.6 is 0 Å². The van der Waals surface area contributed by atoms with Gasteiger partial charge in [0.05, 0.1) is 11.4 Å². The molecule has 2 aromatic heterocycles. The zero-order chi connectivity index (χ0) is 14.5. The summed E-state index contributed by atoms with van der Waals surface area (Å²) in [6, 6.07) is 7.27. The third kappa shape index (κ3) is 3.38. The summed E-state index contributed by atoms with van der Waals surface area (Å²) < 4.78 is 7.11. The summed E-state index contributed by atoms with van der Waals surface area (Å²) in [5.74, 6) is -0.376. The molecule has 0 radical (unpaired) electrons. The molecule has 0 unspecified atom stereocenters. The minimum absolute atomic E-state index is 0.164. The van der Waals surface area contributed by atoms with Crippen LogP contribution in [0.2, 0.25) is 0 Å². The molecule has 2 N–H and O–H groups in total. The van der Waals surface area contributed by atoms with Gasteiger partial charge in [-0.25, -0.2) is 4.79 Å². The molecule has 2 aromatic rings. The molecule has 0 spiro atoms. The maximum atomic E-state index is 12.1. The Morgan fingerprint density at radius 2 is 2.25 bits per heavy atom. The van der Waals surface area contributed by atoms with Crippen LogP contribution in [0.5, 0.6) is 0 Å². The summed E-state index contributed by atoms with van der Waals surface area (Å²) in [5.41, 5.74) is 8.42. The highest BCUT2D eigenvalue weighted by Crippen LogP contribution is 2.13. The second-order valence-corrected chi connectivity index (χ2v) is 4.70. The van der Waals surface area contributed by atoms with E-state index >= 15 is 0 Å². The number of aromatic nitrogens is 2. The zero-order valence-electron chi connectivity index (χ0n) is 11.8. The van der Waals surface area contributed by atoms with Gasteiger partial charge in [0.1, 0.15) is 12.3 Å². The van der Waals surface area contributed by atoms with Crippen molar-refractivity contribution in [2.75, 3.05) is 5.73 Å². The van der Waals surface area contributed by atoms with Gasteiger partial charge in [-0.15, -0.1) is 0 Å². The Morgan fingerprint density at radius 3 is 2.95 bits per heavy atom. The van der Waals surface area contributed by atoms with Gasteiger partial charge in [0.2, 0.25) is 0 Å². The maximum Gasteiger partial charge on any atom is 0.355 e. The van der Waals surface area contributed by atoms with Crippen LogP contribution in [0.25, 0.3) is 0 Å². The van der Waals surface area contributed by atoms with E-state index < -0.39 is 0 Å². The minimum Gasteiger partial charge on any atom is -0.455 e. The largest absolute Gasteiger partial charge is 0.455 e. The first-order valence-electron chi connectivity index (χ1n) is 6.65. The number of nitrogens with zero attached hydrogens (tertiary/aromatic N) is 2. The summed E-state index contributed by atoms with van der Waals surface area (Å²) in [6.07, 6.45) is 2.68. The number of pyridine rings is 1. The first-order valence-corrected chi connectivity index (χ1v) is 6.65. The van der Waals surface area contributed by atoms with Gasteiger partial charge in [0.25, 0.3) is 0 Å². The summed E-state index contributed by atoms with van der Waals surface area (Å²) in [7, 11) is 0. The predicted octanol–water partition coefficient (Wildman–Crippen LogP) is 2.54. The summed E-state index contributed by atoms with van der Waals surface area (Å²) >= 11 is 0. The van der Waals surface area contributed by atoms with Gasteiger partial charge >= 0.3 is 5.97 Å². The maximum absolute atomic E-state index is 12.1. The quantitative estimate of drug-likeness (QED) is 0.850. The highest BCUT2D eigenvalue weighted by atomic mass is 16.5. The lowest BCUT2D eigenvalue weighted by Crippen LogP contribution is -2.12.